The van der Waals surface area contributed by atoms with Crippen LogP contribution in [0.2, 0.25) is 0 Å². The Balaban J connectivity index is 1.80. The molecule has 0 bridgehead atoms. The molecule has 0 unspecified atom stereocenters. The van der Waals surface area contributed by atoms with Gasteiger partial charge in [-0.25, -0.2) is 14.5 Å². The predicted octanol–water partition coefficient (Wildman–Crippen LogP) is 5.02. The number of nitrogens with zero attached hydrogens (tertiary/aromatic N) is 4. The number of carbonyl (C=O) groups is 1. The summed E-state index contributed by atoms with van der Waals surface area (Å²) in [4.78, 5) is 20.6. The molecule has 0 saturated heterocycles. The van der Waals surface area contributed by atoms with E-state index in [9.17, 15) is 9.90 Å². The molecule has 0 amide bonds. The molecular formula is C25H30N4O3. The van der Waals surface area contributed by atoms with Crippen LogP contribution in [0.15, 0.2) is 30.7 Å². The lowest BCUT2D eigenvalue weighted by atomic mass is 9.90. The molecule has 0 aromatic carbocycles. The predicted molar refractivity (Wildman–Crippen MR) is 124 cm³/mol. The van der Waals surface area contributed by atoms with Crippen LogP contribution >= 0.6 is 0 Å². The molecule has 0 radical (unpaired) electrons. The number of carboxylic acids is 1. The van der Waals surface area contributed by atoms with Gasteiger partial charge in [0.1, 0.15) is 0 Å². The van der Waals surface area contributed by atoms with E-state index < -0.39 is 5.97 Å². The highest BCUT2D eigenvalue weighted by molar-refractivity contribution is 5.99. The monoisotopic (exact) mass is 434 g/mol. The number of hydrogen-bond donors (Lipinski definition) is 1. The molecule has 4 rings (SSSR count). The van der Waals surface area contributed by atoms with Gasteiger partial charge in [-0.2, -0.15) is 5.10 Å². The Bertz CT molecular complexity index is 1130. The number of aliphatic carboxylic acids is 1. The quantitative estimate of drug-likeness (QED) is 0.501. The number of aryl methyl sites for hydroxylation is 2. The third kappa shape index (κ3) is 4.88. The Morgan fingerprint density at radius 2 is 2.06 bits per heavy atom. The van der Waals surface area contributed by atoms with Gasteiger partial charge in [-0.15, -0.1) is 0 Å². The van der Waals surface area contributed by atoms with E-state index in [0.29, 0.717) is 25.7 Å². The molecule has 0 spiro atoms. The van der Waals surface area contributed by atoms with Crippen molar-refractivity contribution in [3.63, 3.8) is 0 Å². The summed E-state index contributed by atoms with van der Waals surface area (Å²) in [6.45, 7) is 5.74. The normalized spacial score (nSPS) is 15.1. The van der Waals surface area contributed by atoms with E-state index in [1.165, 1.54) is 32.1 Å². The Hall–Kier alpha value is -3.06. The zero-order valence-corrected chi connectivity index (χ0v) is 18.8. The fourth-order valence-corrected chi connectivity index (χ4v) is 4.50. The lowest BCUT2D eigenvalue weighted by molar-refractivity contribution is -0.131. The number of rotatable bonds is 8. The summed E-state index contributed by atoms with van der Waals surface area (Å²) in [6.07, 6.45) is 14.5. The molecule has 1 fully saturated rings. The van der Waals surface area contributed by atoms with E-state index in [1.807, 2.05) is 18.5 Å². The highest BCUT2D eigenvalue weighted by atomic mass is 16.5. The second kappa shape index (κ2) is 10.0. The summed E-state index contributed by atoms with van der Waals surface area (Å²) in [5.74, 6) is -0.413. The van der Waals surface area contributed by atoms with Crippen LogP contribution in [0.3, 0.4) is 0 Å². The second-order valence-electron chi connectivity index (χ2n) is 8.49. The molecule has 0 aliphatic heterocycles. The number of fused-ring (bicyclic) bond motifs is 1. The van der Waals surface area contributed by atoms with Gasteiger partial charge in [0.25, 0.3) is 0 Å². The van der Waals surface area contributed by atoms with E-state index in [0.717, 1.165) is 45.1 Å². The third-order valence-corrected chi connectivity index (χ3v) is 6.07. The van der Waals surface area contributed by atoms with Gasteiger partial charge in [-0.1, -0.05) is 19.3 Å². The SMILES string of the molecule is CCn1ncc2c(-c3cncc(C)c3)c(/C=C/C(=O)O)c(COCC3CCCCC3)nc21. The van der Waals surface area contributed by atoms with Gasteiger partial charge in [0.05, 0.1) is 18.5 Å². The summed E-state index contributed by atoms with van der Waals surface area (Å²) < 4.78 is 7.99. The third-order valence-electron chi connectivity index (χ3n) is 6.07. The first-order valence-electron chi connectivity index (χ1n) is 11.4. The Labute approximate surface area is 188 Å². The first kappa shape index (κ1) is 22.1. The first-order valence-corrected chi connectivity index (χ1v) is 11.4. The molecule has 1 N–H and O–H groups in total. The number of ether oxygens (including phenoxy) is 1. The van der Waals surface area contributed by atoms with Gasteiger partial charge in [0.15, 0.2) is 5.65 Å². The Morgan fingerprint density at radius 1 is 1.25 bits per heavy atom. The average molecular weight is 435 g/mol. The minimum atomic E-state index is -1.00. The van der Waals surface area contributed by atoms with Gasteiger partial charge in [-0.3, -0.25) is 4.98 Å². The van der Waals surface area contributed by atoms with Gasteiger partial charge >= 0.3 is 5.97 Å². The molecule has 168 valence electrons. The van der Waals surface area contributed by atoms with E-state index in [4.69, 9.17) is 9.72 Å². The van der Waals surface area contributed by atoms with Gasteiger partial charge < -0.3 is 9.84 Å². The minimum absolute atomic E-state index is 0.326. The van der Waals surface area contributed by atoms with Crippen molar-refractivity contribution in [2.24, 2.45) is 5.92 Å². The van der Waals surface area contributed by atoms with Crippen LogP contribution < -0.4 is 0 Å². The fourth-order valence-electron chi connectivity index (χ4n) is 4.50. The van der Waals surface area contributed by atoms with Crippen molar-refractivity contribution in [3.05, 3.63) is 47.6 Å². The van der Waals surface area contributed by atoms with E-state index in [2.05, 4.69) is 16.1 Å². The molecule has 1 saturated carbocycles. The molecular weight excluding hydrogens is 404 g/mol. The van der Waals surface area contributed by atoms with Crippen LogP contribution in [-0.4, -0.2) is 37.4 Å². The van der Waals surface area contributed by atoms with E-state index in [1.54, 1.807) is 24.7 Å². The van der Waals surface area contributed by atoms with E-state index >= 15 is 0 Å². The zero-order chi connectivity index (χ0) is 22.5. The fraction of sp³-hybridized carbons (Fsp3) is 0.440. The molecule has 1 aliphatic rings. The molecule has 7 nitrogen and oxygen atoms in total. The summed E-state index contributed by atoms with van der Waals surface area (Å²) in [7, 11) is 0. The van der Waals surface area contributed by atoms with Crippen molar-refractivity contribution in [2.75, 3.05) is 6.61 Å². The Morgan fingerprint density at radius 3 is 2.78 bits per heavy atom. The number of aromatic nitrogens is 4. The number of hydrogen-bond acceptors (Lipinski definition) is 5. The summed E-state index contributed by atoms with van der Waals surface area (Å²) in [6, 6.07) is 2.05. The largest absolute Gasteiger partial charge is 0.478 e. The van der Waals surface area contributed by atoms with Crippen LogP contribution in [0.5, 0.6) is 0 Å². The number of pyridine rings is 2. The minimum Gasteiger partial charge on any atom is -0.478 e. The molecule has 0 atom stereocenters. The Kier molecular flexibility index (Phi) is 6.95. The van der Waals surface area contributed by atoms with Crippen LogP contribution in [0, 0.1) is 12.8 Å². The summed E-state index contributed by atoms with van der Waals surface area (Å²) in [5, 5.41) is 14.7. The van der Waals surface area contributed by atoms with Crippen molar-refractivity contribution in [1.82, 2.24) is 19.7 Å². The summed E-state index contributed by atoms with van der Waals surface area (Å²) >= 11 is 0. The molecule has 3 heterocycles. The van der Waals surface area contributed by atoms with Gasteiger partial charge in [-0.05, 0) is 50.3 Å². The first-order chi connectivity index (χ1) is 15.6. The molecule has 3 aromatic rings. The van der Waals surface area contributed by atoms with Crippen LogP contribution in [0.4, 0.5) is 0 Å². The lowest BCUT2D eigenvalue weighted by Gasteiger charge is -2.21. The van der Waals surface area contributed by atoms with Gasteiger partial charge in [0, 0.05) is 53.7 Å². The van der Waals surface area contributed by atoms with Crippen LogP contribution in [-0.2, 0) is 22.7 Å². The molecule has 1 aliphatic carbocycles. The summed E-state index contributed by atoms with van der Waals surface area (Å²) in [5.41, 5.74) is 5.06. The standard InChI is InChI=1S/C25H30N4O3/c1-3-29-25-21(14-27-29)24(19-11-17(2)12-26-13-19)20(9-10-23(30)31)22(28-25)16-32-15-18-7-5-4-6-8-18/h9-14,18H,3-8,15-16H2,1-2H3,(H,30,31)/b10-9+. The van der Waals surface area contributed by atoms with Crippen LogP contribution in [0.1, 0.15) is 55.8 Å². The maximum Gasteiger partial charge on any atom is 0.328 e. The number of carboxylic acid groups (broad SMARTS) is 1. The maximum atomic E-state index is 11.4. The molecule has 32 heavy (non-hydrogen) atoms. The average Bonchev–Trinajstić information content (AvgIpc) is 3.20. The van der Waals surface area contributed by atoms with Crippen molar-refractivity contribution in [1.29, 1.82) is 0 Å². The second-order valence-corrected chi connectivity index (χ2v) is 8.49. The molecule has 7 heteroatoms. The van der Waals surface area contributed by atoms with Gasteiger partial charge in [0.2, 0.25) is 0 Å². The molecule has 3 aromatic heterocycles. The highest BCUT2D eigenvalue weighted by Gasteiger charge is 2.20. The van der Waals surface area contributed by atoms with Crippen molar-refractivity contribution in [3.8, 4) is 11.1 Å². The van der Waals surface area contributed by atoms with Crippen molar-refractivity contribution < 1.29 is 14.6 Å². The van der Waals surface area contributed by atoms with Crippen molar-refractivity contribution >= 4 is 23.1 Å². The highest BCUT2D eigenvalue weighted by Crippen LogP contribution is 2.35. The maximum absolute atomic E-state index is 11.4. The van der Waals surface area contributed by atoms with E-state index in [-0.39, 0.29) is 0 Å². The van der Waals surface area contributed by atoms with Crippen LogP contribution in [0.25, 0.3) is 28.2 Å². The zero-order valence-electron chi connectivity index (χ0n) is 18.8. The van der Waals surface area contributed by atoms with Crippen molar-refractivity contribution in [2.45, 2.75) is 59.1 Å². The smallest absolute Gasteiger partial charge is 0.328 e. The lowest BCUT2D eigenvalue weighted by Crippen LogP contribution is -2.14. The topological polar surface area (TPSA) is 90.1 Å².